The number of nitrogens with one attached hydrogen (secondary N) is 1. The van der Waals surface area contributed by atoms with Gasteiger partial charge >= 0.3 is 5.69 Å². The number of aryl methyl sites for hydroxylation is 1. The molecule has 3 aromatic rings. The Labute approximate surface area is 138 Å². The molecule has 0 spiro atoms. The molecule has 0 fully saturated rings. The first kappa shape index (κ1) is 16.2. The monoisotopic (exact) mass is 346 g/mol. The third-order valence-corrected chi connectivity index (χ3v) is 5.44. The van der Waals surface area contributed by atoms with Crippen LogP contribution in [0.5, 0.6) is 0 Å². The number of nitrogens with zero attached hydrogens (tertiary/aromatic N) is 4. The van der Waals surface area contributed by atoms with Gasteiger partial charge in [-0.25, -0.2) is 23.4 Å². The molecule has 8 nitrogen and oxygen atoms in total. The summed E-state index contributed by atoms with van der Waals surface area (Å²) < 4.78 is 22.4. The van der Waals surface area contributed by atoms with Gasteiger partial charge in [0.25, 0.3) is 0 Å². The summed E-state index contributed by atoms with van der Waals surface area (Å²) in [5.41, 5.74) is 2.21. The van der Waals surface area contributed by atoms with E-state index in [4.69, 9.17) is 10.6 Å². The molecule has 3 N–H and O–H groups in total. The highest BCUT2D eigenvalue weighted by atomic mass is 32.2. The van der Waals surface area contributed by atoms with Crippen molar-refractivity contribution in [2.45, 2.75) is 25.5 Å². The molecule has 0 bridgehead atoms. The van der Waals surface area contributed by atoms with Crippen molar-refractivity contribution in [1.82, 2.24) is 19.2 Å². The molecule has 0 saturated carbocycles. The first-order valence-corrected chi connectivity index (χ1v) is 9.11. The number of rotatable bonds is 4. The van der Waals surface area contributed by atoms with Crippen LogP contribution in [0, 0.1) is 11.7 Å². The number of hydrogen-bond acceptors (Lipinski definition) is 6. The number of hydrogen-bond donors (Lipinski definition) is 2. The van der Waals surface area contributed by atoms with Gasteiger partial charge in [-0.15, -0.1) is 0 Å². The molecule has 9 heteroatoms. The highest BCUT2D eigenvalue weighted by Crippen LogP contribution is 2.14. The first-order chi connectivity index (χ1) is 11.3. The third kappa shape index (κ3) is 2.67. The van der Waals surface area contributed by atoms with Gasteiger partial charge in [0.05, 0.1) is 12.7 Å². The predicted octanol–water partition coefficient (Wildman–Crippen LogP) is 1.09. The van der Waals surface area contributed by atoms with Crippen molar-refractivity contribution < 1.29 is 4.21 Å². The summed E-state index contributed by atoms with van der Waals surface area (Å²) >= 11 is 0. The lowest BCUT2D eigenvalue weighted by Gasteiger charge is -2.05. The number of nitrogens with two attached hydrogens (primary N) is 1. The topological polar surface area (TPSA) is 120 Å². The fraction of sp³-hybridized carbons (Fsp3) is 0.267. The second-order valence-electron chi connectivity index (χ2n) is 5.55. The smallest absolute Gasteiger partial charge is 0.335 e. The number of benzene rings is 1. The Bertz CT molecular complexity index is 1060. The van der Waals surface area contributed by atoms with E-state index < -0.39 is 15.4 Å². The standard InChI is InChI=1S/C15H18N6O2S/c1-3-24(17,23)14-18-8-12-13(19-14)20(15(22)21(12)16)9-11-6-4-10(2)5-7-11/h4-8,17H,3,9,16H2,1-2H3. The second kappa shape index (κ2) is 5.75. The molecule has 1 atom stereocenters. The predicted molar refractivity (Wildman–Crippen MR) is 91.9 cm³/mol. The minimum absolute atomic E-state index is 0.0826. The van der Waals surface area contributed by atoms with Gasteiger partial charge in [-0.3, -0.25) is 4.57 Å². The summed E-state index contributed by atoms with van der Waals surface area (Å²) in [5.74, 6) is 5.89. The van der Waals surface area contributed by atoms with Crippen molar-refractivity contribution in [3.05, 3.63) is 52.1 Å². The normalized spacial score (nSPS) is 13.9. The molecular weight excluding hydrogens is 328 g/mol. The van der Waals surface area contributed by atoms with Gasteiger partial charge in [0.15, 0.2) is 5.65 Å². The van der Waals surface area contributed by atoms with Crippen LogP contribution in [0.3, 0.4) is 0 Å². The van der Waals surface area contributed by atoms with Crippen LogP contribution in [0.25, 0.3) is 11.2 Å². The molecule has 2 heterocycles. The second-order valence-corrected chi connectivity index (χ2v) is 7.84. The Morgan fingerprint density at radius 1 is 1.29 bits per heavy atom. The Hall–Kier alpha value is -2.68. The van der Waals surface area contributed by atoms with E-state index in [1.165, 1.54) is 10.8 Å². The summed E-state index contributed by atoms with van der Waals surface area (Å²) in [6, 6.07) is 7.75. The molecule has 1 aromatic carbocycles. The van der Waals surface area contributed by atoms with Crippen LogP contribution in [0.15, 0.2) is 40.4 Å². The molecule has 0 aliphatic heterocycles. The lowest BCUT2D eigenvalue weighted by Crippen LogP contribution is -2.29. The van der Waals surface area contributed by atoms with E-state index in [1.54, 1.807) is 6.92 Å². The van der Waals surface area contributed by atoms with Crippen LogP contribution in [-0.4, -0.2) is 29.2 Å². The Morgan fingerprint density at radius 2 is 1.96 bits per heavy atom. The van der Waals surface area contributed by atoms with Gasteiger partial charge in [-0.05, 0) is 12.5 Å². The van der Waals surface area contributed by atoms with Crippen LogP contribution < -0.4 is 11.5 Å². The van der Waals surface area contributed by atoms with E-state index in [9.17, 15) is 9.00 Å². The van der Waals surface area contributed by atoms with E-state index in [2.05, 4.69) is 9.97 Å². The molecule has 0 amide bonds. The van der Waals surface area contributed by atoms with Gasteiger partial charge in [0.1, 0.15) is 15.2 Å². The first-order valence-electron chi connectivity index (χ1n) is 7.39. The zero-order valence-electron chi connectivity index (χ0n) is 13.4. The molecule has 1 unspecified atom stereocenters. The Morgan fingerprint density at radius 3 is 2.58 bits per heavy atom. The largest absolute Gasteiger partial charge is 0.349 e. The summed E-state index contributed by atoms with van der Waals surface area (Å²) in [5, 5.41) is -0.0826. The quantitative estimate of drug-likeness (QED) is 0.541. The summed E-state index contributed by atoms with van der Waals surface area (Å²) in [7, 11) is -3.08. The van der Waals surface area contributed by atoms with Gasteiger partial charge in [-0.1, -0.05) is 36.8 Å². The van der Waals surface area contributed by atoms with Gasteiger partial charge in [0, 0.05) is 5.75 Å². The molecule has 126 valence electrons. The van der Waals surface area contributed by atoms with Crippen molar-refractivity contribution in [2.24, 2.45) is 0 Å². The van der Waals surface area contributed by atoms with Crippen molar-refractivity contribution in [3.8, 4) is 0 Å². The third-order valence-electron chi connectivity index (χ3n) is 3.84. The van der Waals surface area contributed by atoms with Crippen LogP contribution >= 0.6 is 0 Å². The highest BCUT2D eigenvalue weighted by Gasteiger charge is 2.18. The fourth-order valence-electron chi connectivity index (χ4n) is 2.35. The average molecular weight is 346 g/mol. The average Bonchev–Trinajstić information content (AvgIpc) is 2.81. The summed E-state index contributed by atoms with van der Waals surface area (Å²) in [6.45, 7) is 3.90. The SMILES string of the molecule is CCS(=N)(=O)c1ncc2c(n1)n(Cc1ccc(C)cc1)c(=O)n2N. The lowest BCUT2D eigenvalue weighted by molar-refractivity contribution is 0.667. The number of aromatic nitrogens is 4. The molecular formula is C15H18N6O2S. The molecule has 0 saturated heterocycles. The molecule has 3 rings (SSSR count). The van der Waals surface area contributed by atoms with E-state index in [0.29, 0.717) is 5.52 Å². The van der Waals surface area contributed by atoms with Crippen molar-refractivity contribution in [2.75, 3.05) is 11.6 Å². The maximum absolute atomic E-state index is 12.4. The number of nitrogen functional groups attached to an aromatic ring is 1. The van der Waals surface area contributed by atoms with Crippen LogP contribution in [0.2, 0.25) is 0 Å². The highest BCUT2D eigenvalue weighted by molar-refractivity contribution is 7.92. The fourth-order valence-corrected chi connectivity index (χ4v) is 3.06. The molecule has 0 radical (unpaired) electrons. The van der Waals surface area contributed by atoms with Crippen molar-refractivity contribution in [3.63, 3.8) is 0 Å². The Kier molecular flexibility index (Phi) is 3.88. The summed E-state index contributed by atoms with van der Waals surface area (Å²) in [4.78, 5) is 20.6. The Balaban J connectivity index is 2.19. The maximum Gasteiger partial charge on any atom is 0.349 e. The van der Waals surface area contributed by atoms with Crippen molar-refractivity contribution in [1.29, 1.82) is 4.78 Å². The van der Waals surface area contributed by atoms with Gasteiger partial charge in [0.2, 0.25) is 5.16 Å². The minimum atomic E-state index is -3.08. The zero-order valence-corrected chi connectivity index (χ0v) is 14.2. The number of fused-ring (bicyclic) bond motifs is 1. The van der Waals surface area contributed by atoms with Crippen molar-refractivity contribution >= 4 is 20.9 Å². The number of imidazole rings is 1. The van der Waals surface area contributed by atoms with Crippen LogP contribution in [0.4, 0.5) is 0 Å². The van der Waals surface area contributed by atoms with Gasteiger partial charge < -0.3 is 5.84 Å². The lowest BCUT2D eigenvalue weighted by atomic mass is 10.1. The molecule has 0 aliphatic rings. The maximum atomic E-state index is 12.4. The van der Waals surface area contributed by atoms with Gasteiger partial charge in [-0.2, -0.15) is 4.98 Å². The van der Waals surface area contributed by atoms with Crippen LogP contribution in [-0.2, 0) is 16.3 Å². The molecule has 24 heavy (non-hydrogen) atoms. The minimum Gasteiger partial charge on any atom is -0.335 e. The summed E-state index contributed by atoms with van der Waals surface area (Å²) in [6.07, 6.45) is 1.34. The van der Waals surface area contributed by atoms with Crippen LogP contribution in [0.1, 0.15) is 18.1 Å². The van der Waals surface area contributed by atoms with E-state index in [0.717, 1.165) is 15.8 Å². The molecule has 0 aliphatic carbocycles. The molecule has 2 aromatic heterocycles. The van der Waals surface area contributed by atoms with E-state index in [1.807, 2.05) is 31.2 Å². The zero-order chi connectivity index (χ0) is 17.5. The van der Waals surface area contributed by atoms with E-state index in [-0.39, 0.29) is 23.1 Å². The van der Waals surface area contributed by atoms with E-state index >= 15 is 0 Å².